The zero-order valence-corrected chi connectivity index (χ0v) is 17.3. The highest BCUT2D eigenvalue weighted by molar-refractivity contribution is 5.87. The smallest absolute Gasteiger partial charge is 0.229 e. The van der Waals surface area contributed by atoms with Crippen LogP contribution in [0.3, 0.4) is 0 Å². The van der Waals surface area contributed by atoms with Gasteiger partial charge in [-0.25, -0.2) is 14.6 Å². The van der Waals surface area contributed by atoms with E-state index >= 15 is 0 Å². The van der Waals surface area contributed by atoms with Crippen LogP contribution in [0.1, 0.15) is 36.9 Å². The van der Waals surface area contributed by atoms with Crippen molar-refractivity contribution in [3.8, 4) is 5.69 Å². The molecule has 1 aromatic carbocycles. The second-order valence-electron chi connectivity index (χ2n) is 8.27. The van der Waals surface area contributed by atoms with E-state index in [9.17, 15) is 0 Å². The molecule has 0 N–H and O–H groups in total. The van der Waals surface area contributed by atoms with Gasteiger partial charge < -0.3 is 9.42 Å². The Morgan fingerprint density at radius 2 is 1.90 bits per heavy atom. The molecule has 0 atom stereocenters. The van der Waals surface area contributed by atoms with Crippen molar-refractivity contribution in [3.05, 3.63) is 54.6 Å². The average Bonchev–Trinajstić information content (AvgIpc) is 3.47. The summed E-state index contributed by atoms with van der Waals surface area (Å²) in [5.41, 5.74) is 1.83. The van der Waals surface area contributed by atoms with Crippen molar-refractivity contribution in [2.24, 2.45) is 0 Å². The summed E-state index contributed by atoms with van der Waals surface area (Å²) in [4.78, 5) is 18.5. The molecule has 1 aliphatic carbocycles. The van der Waals surface area contributed by atoms with E-state index in [0.29, 0.717) is 5.92 Å². The van der Waals surface area contributed by atoms with Gasteiger partial charge in [-0.2, -0.15) is 10.1 Å². The molecule has 1 aliphatic heterocycles. The van der Waals surface area contributed by atoms with Crippen molar-refractivity contribution in [2.45, 2.75) is 31.7 Å². The zero-order valence-electron chi connectivity index (χ0n) is 17.3. The highest BCUT2D eigenvalue weighted by atomic mass is 16.5. The van der Waals surface area contributed by atoms with Gasteiger partial charge in [-0.15, -0.1) is 0 Å². The van der Waals surface area contributed by atoms with Crippen molar-refractivity contribution in [1.29, 1.82) is 0 Å². The Hall–Kier alpha value is -3.33. The molecule has 4 aromatic rings. The fourth-order valence-corrected chi connectivity index (χ4v) is 4.21. The SMILES string of the molecule is c1ccc(-n2ncc3c(N4CCCN(Cc5noc(C6CC6)n5)CC4)ncnc32)cc1. The third-order valence-electron chi connectivity index (χ3n) is 6.01. The number of fused-ring (bicyclic) bond motifs is 1. The Bertz CT molecular complexity index is 1180. The molecule has 0 amide bonds. The number of aromatic nitrogens is 6. The molecular weight excluding hydrogens is 392 g/mol. The Kier molecular flexibility index (Phi) is 4.60. The lowest BCUT2D eigenvalue weighted by Crippen LogP contribution is -2.31. The number of para-hydroxylation sites is 1. The molecule has 0 spiro atoms. The molecule has 9 heteroatoms. The summed E-state index contributed by atoms with van der Waals surface area (Å²) in [7, 11) is 0. The summed E-state index contributed by atoms with van der Waals surface area (Å²) in [6.07, 6.45) is 6.91. The maximum Gasteiger partial charge on any atom is 0.229 e. The molecule has 1 saturated carbocycles. The summed E-state index contributed by atoms with van der Waals surface area (Å²) in [5.74, 6) is 3.05. The van der Waals surface area contributed by atoms with Crippen LogP contribution in [-0.2, 0) is 6.54 Å². The molecule has 0 unspecified atom stereocenters. The normalized spacial score (nSPS) is 17.9. The van der Waals surface area contributed by atoms with Crippen LogP contribution in [0, 0.1) is 0 Å². The molecule has 2 fully saturated rings. The van der Waals surface area contributed by atoms with Gasteiger partial charge in [0.05, 0.1) is 23.8 Å². The Morgan fingerprint density at radius 1 is 1.00 bits per heavy atom. The molecule has 0 bridgehead atoms. The fraction of sp³-hybridized carbons (Fsp3) is 0.409. The third kappa shape index (κ3) is 3.65. The van der Waals surface area contributed by atoms with Crippen molar-refractivity contribution < 1.29 is 4.52 Å². The van der Waals surface area contributed by atoms with Crippen LogP contribution in [-0.4, -0.2) is 61.0 Å². The predicted octanol–water partition coefficient (Wildman–Crippen LogP) is 2.79. The van der Waals surface area contributed by atoms with Gasteiger partial charge in [0.1, 0.15) is 12.1 Å². The van der Waals surface area contributed by atoms with E-state index in [4.69, 9.17) is 4.52 Å². The number of benzene rings is 1. The van der Waals surface area contributed by atoms with Gasteiger partial charge in [0, 0.05) is 32.1 Å². The second-order valence-corrected chi connectivity index (χ2v) is 8.27. The minimum absolute atomic E-state index is 0.498. The van der Waals surface area contributed by atoms with E-state index in [0.717, 1.165) is 73.4 Å². The number of rotatable bonds is 5. The minimum atomic E-state index is 0.498. The first-order valence-electron chi connectivity index (χ1n) is 10.9. The van der Waals surface area contributed by atoms with Gasteiger partial charge in [-0.1, -0.05) is 23.4 Å². The molecule has 1 saturated heterocycles. The lowest BCUT2D eigenvalue weighted by atomic mass is 10.3. The summed E-state index contributed by atoms with van der Waals surface area (Å²) >= 11 is 0. The monoisotopic (exact) mass is 416 g/mol. The van der Waals surface area contributed by atoms with Crippen LogP contribution >= 0.6 is 0 Å². The molecule has 0 radical (unpaired) electrons. The first-order valence-corrected chi connectivity index (χ1v) is 10.9. The maximum atomic E-state index is 5.41. The Labute approximate surface area is 179 Å². The second kappa shape index (κ2) is 7.73. The van der Waals surface area contributed by atoms with Crippen LogP contribution in [0.25, 0.3) is 16.7 Å². The lowest BCUT2D eigenvalue weighted by molar-refractivity contribution is 0.271. The highest BCUT2D eigenvalue weighted by Crippen LogP contribution is 2.38. The zero-order chi connectivity index (χ0) is 20.6. The van der Waals surface area contributed by atoms with Crippen molar-refractivity contribution >= 4 is 16.9 Å². The summed E-state index contributed by atoms with van der Waals surface area (Å²) < 4.78 is 7.29. The third-order valence-corrected chi connectivity index (χ3v) is 6.01. The Morgan fingerprint density at radius 3 is 2.77 bits per heavy atom. The number of anilines is 1. The van der Waals surface area contributed by atoms with Crippen molar-refractivity contribution in [2.75, 3.05) is 31.1 Å². The summed E-state index contributed by atoms with van der Waals surface area (Å²) in [6, 6.07) is 10.1. The van der Waals surface area contributed by atoms with Gasteiger partial charge in [-0.3, -0.25) is 4.90 Å². The highest BCUT2D eigenvalue weighted by Gasteiger charge is 2.30. The standard InChI is InChI=1S/C22H24N8O/c1-2-5-17(6-3-1)30-21-18(13-25-30)20(23-15-24-21)29-10-4-9-28(11-12-29)14-19-26-22(31-27-19)16-7-8-16/h1-3,5-6,13,15-16H,4,7-12,14H2. The molecule has 3 aromatic heterocycles. The Balaban J connectivity index is 1.20. The molecule has 4 heterocycles. The van der Waals surface area contributed by atoms with Gasteiger partial charge in [-0.05, 0) is 31.4 Å². The van der Waals surface area contributed by atoms with E-state index < -0.39 is 0 Å². The number of hydrogen-bond acceptors (Lipinski definition) is 8. The summed E-state index contributed by atoms with van der Waals surface area (Å²) in [6.45, 7) is 4.48. The van der Waals surface area contributed by atoms with E-state index in [2.05, 4.69) is 35.0 Å². The topological polar surface area (TPSA) is 89.0 Å². The predicted molar refractivity (Wildman–Crippen MR) is 115 cm³/mol. The van der Waals surface area contributed by atoms with Crippen LogP contribution in [0.15, 0.2) is 47.4 Å². The molecule has 6 rings (SSSR count). The first-order chi connectivity index (χ1) is 15.3. The van der Waals surface area contributed by atoms with Crippen molar-refractivity contribution in [3.63, 3.8) is 0 Å². The molecular formula is C22H24N8O. The van der Waals surface area contributed by atoms with E-state index in [-0.39, 0.29) is 0 Å². The molecule has 2 aliphatic rings. The van der Waals surface area contributed by atoms with Crippen LogP contribution in [0.4, 0.5) is 5.82 Å². The van der Waals surface area contributed by atoms with Gasteiger partial charge in [0.25, 0.3) is 0 Å². The van der Waals surface area contributed by atoms with E-state index in [1.165, 1.54) is 12.8 Å². The van der Waals surface area contributed by atoms with Crippen LogP contribution < -0.4 is 4.90 Å². The largest absolute Gasteiger partial charge is 0.355 e. The lowest BCUT2D eigenvalue weighted by Gasteiger charge is -2.22. The van der Waals surface area contributed by atoms with E-state index in [1.807, 2.05) is 41.2 Å². The summed E-state index contributed by atoms with van der Waals surface area (Å²) in [5, 5.41) is 9.74. The minimum Gasteiger partial charge on any atom is -0.355 e. The van der Waals surface area contributed by atoms with Crippen LogP contribution in [0.5, 0.6) is 0 Å². The molecule has 9 nitrogen and oxygen atoms in total. The molecule has 31 heavy (non-hydrogen) atoms. The van der Waals surface area contributed by atoms with Crippen LogP contribution in [0.2, 0.25) is 0 Å². The van der Waals surface area contributed by atoms with Gasteiger partial charge in [0.15, 0.2) is 11.5 Å². The maximum absolute atomic E-state index is 5.41. The van der Waals surface area contributed by atoms with Gasteiger partial charge >= 0.3 is 0 Å². The number of hydrogen-bond donors (Lipinski definition) is 0. The van der Waals surface area contributed by atoms with Gasteiger partial charge in [0.2, 0.25) is 5.89 Å². The number of nitrogens with zero attached hydrogens (tertiary/aromatic N) is 8. The average molecular weight is 416 g/mol. The van der Waals surface area contributed by atoms with E-state index in [1.54, 1.807) is 6.33 Å². The van der Waals surface area contributed by atoms with Crippen molar-refractivity contribution in [1.82, 2.24) is 34.8 Å². The molecule has 158 valence electrons. The fourth-order valence-electron chi connectivity index (χ4n) is 4.21. The quantitative estimate of drug-likeness (QED) is 0.491. The first kappa shape index (κ1) is 18.4.